The van der Waals surface area contributed by atoms with Gasteiger partial charge in [0.15, 0.2) is 0 Å². The molecule has 2 unspecified atom stereocenters. The molecule has 2 aromatic carbocycles. The van der Waals surface area contributed by atoms with E-state index in [1.54, 1.807) is 6.26 Å². The van der Waals surface area contributed by atoms with Gasteiger partial charge in [0.05, 0.1) is 6.26 Å². The van der Waals surface area contributed by atoms with E-state index in [0.29, 0.717) is 13.2 Å². The number of carbonyl (C=O) groups is 1. The van der Waals surface area contributed by atoms with Crippen LogP contribution < -0.4 is 10.1 Å². The molecule has 1 amide bonds. The molecule has 4 rings (SSSR count). The molecule has 132 valence electrons. The standard InChI is InChI=1S/C22H21NO3/c24-22(19-13-18(19)21-11-6-12-25-21)23-14-17-9-4-5-10-20(17)26-15-16-7-2-1-3-8-16/h1-12,18-19H,13-15H2,(H,23,24). The summed E-state index contributed by atoms with van der Waals surface area (Å²) in [6.07, 6.45) is 2.51. The van der Waals surface area contributed by atoms with Gasteiger partial charge in [-0.1, -0.05) is 48.5 Å². The molecule has 1 aromatic heterocycles. The third-order valence-corrected chi connectivity index (χ3v) is 4.70. The fraction of sp³-hybridized carbons (Fsp3) is 0.227. The van der Waals surface area contributed by atoms with Gasteiger partial charge >= 0.3 is 0 Å². The van der Waals surface area contributed by atoms with Crippen molar-refractivity contribution in [3.63, 3.8) is 0 Å². The summed E-state index contributed by atoms with van der Waals surface area (Å²) in [5, 5.41) is 3.03. The van der Waals surface area contributed by atoms with Gasteiger partial charge in [0.2, 0.25) is 5.91 Å². The first-order chi connectivity index (χ1) is 12.8. The van der Waals surface area contributed by atoms with Crippen LogP contribution in [-0.4, -0.2) is 5.91 Å². The number of carbonyl (C=O) groups excluding carboxylic acids is 1. The van der Waals surface area contributed by atoms with E-state index >= 15 is 0 Å². The van der Waals surface area contributed by atoms with E-state index in [1.165, 1.54) is 0 Å². The van der Waals surface area contributed by atoms with Crippen molar-refractivity contribution in [2.75, 3.05) is 0 Å². The van der Waals surface area contributed by atoms with Gasteiger partial charge in [-0.3, -0.25) is 4.79 Å². The number of benzene rings is 2. The molecule has 2 atom stereocenters. The molecule has 26 heavy (non-hydrogen) atoms. The topological polar surface area (TPSA) is 51.5 Å². The van der Waals surface area contributed by atoms with E-state index in [1.807, 2.05) is 66.7 Å². The molecule has 1 aliphatic rings. The van der Waals surface area contributed by atoms with Crippen molar-refractivity contribution in [1.82, 2.24) is 5.32 Å². The summed E-state index contributed by atoms with van der Waals surface area (Å²) in [6, 6.07) is 21.7. The SMILES string of the molecule is O=C(NCc1ccccc1OCc1ccccc1)C1CC1c1ccco1. The Labute approximate surface area is 152 Å². The molecular formula is C22H21NO3. The van der Waals surface area contributed by atoms with Crippen molar-refractivity contribution < 1.29 is 13.9 Å². The Hall–Kier alpha value is -3.01. The number of amides is 1. The Morgan fingerprint density at radius 1 is 1.04 bits per heavy atom. The summed E-state index contributed by atoms with van der Waals surface area (Å²) >= 11 is 0. The van der Waals surface area contributed by atoms with Crippen LogP contribution in [0.15, 0.2) is 77.4 Å². The van der Waals surface area contributed by atoms with Crippen LogP contribution in [0.1, 0.15) is 29.2 Å². The van der Waals surface area contributed by atoms with Crippen LogP contribution in [0.4, 0.5) is 0 Å². The van der Waals surface area contributed by atoms with Gasteiger partial charge in [-0.2, -0.15) is 0 Å². The number of ether oxygens (including phenoxy) is 1. The smallest absolute Gasteiger partial charge is 0.224 e. The van der Waals surface area contributed by atoms with Crippen LogP contribution in [0, 0.1) is 5.92 Å². The van der Waals surface area contributed by atoms with E-state index < -0.39 is 0 Å². The maximum atomic E-state index is 12.4. The highest BCUT2D eigenvalue weighted by Crippen LogP contribution is 2.47. The summed E-state index contributed by atoms with van der Waals surface area (Å²) < 4.78 is 11.3. The summed E-state index contributed by atoms with van der Waals surface area (Å²) in [4.78, 5) is 12.4. The normalized spacial score (nSPS) is 18.3. The van der Waals surface area contributed by atoms with Crippen molar-refractivity contribution in [3.05, 3.63) is 89.9 Å². The van der Waals surface area contributed by atoms with Crippen molar-refractivity contribution in [1.29, 1.82) is 0 Å². The zero-order chi connectivity index (χ0) is 17.8. The van der Waals surface area contributed by atoms with Gasteiger partial charge in [-0.05, 0) is 30.2 Å². The molecule has 0 aliphatic heterocycles. The molecule has 1 saturated carbocycles. The second-order valence-corrected chi connectivity index (χ2v) is 6.56. The minimum Gasteiger partial charge on any atom is -0.489 e. The molecule has 3 aromatic rings. The molecule has 1 aliphatic carbocycles. The second-order valence-electron chi connectivity index (χ2n) is 6.56. The van der Waals surface area contributed by atoms with Crippen LogP contribution in [0.3, 0.4) is 0 Å². The maximum Gasteiger partial charge on any atom is 0.224 e. The molecule has 1 N–H and O–H groups in total. The summed E-state index contributed by atoms with van der Waals surface area (Å²) in [6.45, 7) is 0.972. The molecular weight excluding hydrogens is 326 g/mol. The van der Waals surface area contributed by atoms with Crippen LogP contribution >= 0.6 is 0 Å². The third-order valence-electron chi connectivity index (χ3n) is 4.70. The van der Waals surface area contributed by atoms with Gasteiger partial charge in [0.1, 0.15) is 18.1 Å². The summed E-state index contributed by atoms with van der Waals surface area (Å²) in [5.74, 6) is 2.00. The lowest BCUT2D eigenvalue weighted by Crippen LogP contribution is -2.25. The van der Waals surface area contributed by atoms with E-state index in [9.17, 15) is 4.79 Å². The molecule has 0 bridgehead atoms. The first kappa shape index (κ1) is 16.5. The van der Waals surface area contributed by atoms with Gasteiger partial charge < -0.3 is 14.5 Å². The average molecular weight is 347 g/mol. The van der Waals surface area contributed by atoms with Crippen LogP contribution in [0.2, 0.25) is 0 Å². The quantitative estimate of drug-likeness (QED) is 0.694. The lowest BCUT2D eigenvalue weighted by molar-refractivity contribution is -0.122. The Kier molecular flexibility index (Phi) is 4.73. The van der Waals surface area contributed by atoms with E-state index in [-0.39, 0.29) is 17.7 Å². The minimum absolute atomic E-state index is 0.0125. The van der Waals surface area contributed by atoms with Gasteiger partial charge in [0.25, 0.3) is 0 Å². The maximum absolute atomic E-state index is 12.4. The lowest BCUT2D eigenvalue weighted by atomic mass is 10.2. The van der Waals surface area contributed by atoms with Gasteiger partial charge in [0, 0.05) is 23.9 Å². The molecule has 0 saturated heterocycles. The Morgan fingerprint density at radius 2 is 1.85 bits per heavy atom. The first-order valence-corrected chi connectivity index (χ1v) is 8.87. The predicted octanol–water partition coefficient (Wildman–Crippen LogP) is 4.28. The first-order valence-electron chi connectivity index (χ1n) is 8.87. The third kappa shape index (κ3) is 3.80. The van der Waals surface area contributed by atoms with Crippen molar-refractivity contribution >= 4 is 5.91 Å². The molecule has 0 spiro atoms. The monoisotopic (exact) mass is 347 g/mol. The fourth-order valence-corrected chi connectivity index (χ4v) is 3.14. The Balaban J connectivity index is 1.33. The number of furan rings is 1. The largest absolute Gasteiger partial charge is 0.489 e. The second kappa shape index (κ2) is 7.48. The molecule has 1 fully saturated rings. The van der Waals surface area contributed by atoms with Gasteiger partial charge in [-0.15, -0.1) is 0 Å². The summed E-state index contributed by atoms with van der Waals surface area (Å²) in [5.41, 5.74) is 2.09. The van der Waals surface area contributed by atoms with Crippen LogP contribution in [0.5, 0.6) is 5.75 Å². The number of hydrogen-bond acceptors (Lipinski definition) is 3. The van der Waals surface area contributed by atoms with Crippen LogP contribution in [-0.2, 0) is 17.9 Å². The lowest BCUT2D eigenvalue weighted by Gasteiger charge is -2.12. The van der Waals surface area contributed by atoms with E-state index in [4.69, 9.17) is 9.15 Å². The fourth-order valence-electron chi connectivity index (χ4n) is 3.14. The molecule has 0 radical (unpaired) electrons. The highest BCUT2D eigenvalue weighted by atomic mass is 16.5. The Bertz CT molecular complexity index is 858. The average Bonchev–Trinajstić information content (AvgIpc) is 3.31. The molecule has 1 heterocycles. The van der Waals surface area contributed by atoms with Crippen molar-refractivity contribution in [3.8, 4) is 5.75 Å². The Morgan fingerprint density at radius 3 is 2.65 bits per heavy atom. The number of nitrogens with one attached hydrogen (secondary N) is 1. The molecule has 4 nitrogen and oxygen atoms in total. The predicted molar refractivity (Wildman–Crippen MR) is 98.6 cm³/mol. The number of rotatable bonds is 7. The van der Waals surface area contributed by atoms with Crippen molar-refractivity contribution in [2.45, 2.75) is 25.5 Å². The zero-order valence-electron chi connectivity index (χ0n) is 14.4. The van der Waals surface area contributed by atoms with Gasteiger partial charge in [-0.25, -0.2) is 0 Å². The van der Waals surface area contributed by atoms with E-state index in [0.717, 1.165) is 29.1 Å². The number of hydrogen-bond donors (Lipinski definition) is 1. The van der Waals surface area contributed by atoms with E-state index in [2.05, 4.69) is 5.32 Å². The molecule has 4 heteroatoms. The summed E-state index contributed by atoms with van der Waals surface area (Å²) in [7, 11) is 0. The minimum atomic E-state index is 0.0125. The van der Waals surface area contributed by atoms with Crippen molar-refractivity contribution in [2.24, 2.45) is 5.92 Å². The zero-order valence-corrected chi connectivity index (χ0v) is 14.4. The number of para-hydroxylation sites is 1. The highest BCUT2D eigenvalue weighted by molar-refractivity contribution is 5.82. The highest BCUT2D eigenvalue weighted by Gasteiger charge is 2.45. The van der Waals surface area contributed by atoms with Crippen LogP contribution in [0.25, 0.3) is 0 Å².